The zero-order valence-electron chi connectivity index (χ0n) is 19.6. The third kappa shape index (κ3) is 8.14. The number of aryl methyl sites for hydroxylation is 1. The maximum atomic E-state index is 7.00. The second kappa shape index (κ2) is 13.8. The van der Waals surface area contributed by atoms with E-state index in [-0.39, 0.29) is 5.96 Å². The Hall–Kier alpha value is -3.32. The highest BCUT2D eigenvalue weighted by atomic mass is 16.5. The van der Waals surface area contributed by atoms with Crippen LogP contribution < -0.4 is 21.1 Å². The first-order valence-electron chi connectivity index (χ1n) is 10.1. The molecular weight excluding hydrogens is 390 g/mol. The van der Waals surface area contributed by atoms with E-state index in [1.165, 1.54) is 5.56 Å². The minimum Gasteiger partial charge on any atom is -0.489 e. The molecule has 3 rings (SSSR count). The average molecular weight is 428 g/mol. The van der Waals surface area contributed by atoms with Gasteiger partial charge in [-0.2, -0.15) is 4.99 Å². The smallest absolute Gasteiger partial charge is 0.220 e. The Morgan fingerprint density at radius 2 is 1.65 bits per heavy atom. The molecule has 0 radical (unpaired) electrons. The number of hydrogen-bond acceptors (Lipinski definition) is 7. The molecule has 0 saturated heterocycles. The number of hydrogen-bond donors (Lipinski definition) is 3. The number of anilines is 1. The van der Waals surface area contributed by atoms with Crippen molar-refractivity contribution in [1.29, 1.82) is 0 Å². The van der Waals surface area contributed by atoms with Gasteiger partial charge in [-0.15, -0.1) is 13.2 Å². The summed E-state index contributed by atoms with van der Waals surface area (Å²) in [5.41, 5.74) is 14.4. The van der Waals surface area contributed by atoms with Gasteiger partial charge < -0.3 is 21.3 Å². The van der Waals surface area contributed by atoms with E-state index < -0.39 is 5.66 Å². The molecule has 0 saturated carbocycles. The quantitative estimate of drug-likeness (QED) is 0.634. The van der Waals surface area contributed by atoms with Gasteiger partial charge in [-0.1, -0.05) is 49.7 Å². The van der Waals surface area contributed by atoms with Gasteiger partial charge in [0.25, 0.3) is 0 Å². The number of nitrogens with two attached hydrogens (primary N) is 2. The summed E-state index contributed by atoms with van der Waals surface area (Å²) in [7, 11) is 1.00. The van der Waals surface area contributed by atoms with Crippen molar-refractivity contribution < 1.29 is 9.84 Å². The van der Waals surface area contributed by atoms with Gasteiger partial charge in [0.05, 0.1) is 0 Å². The third-order valence-corrected chi connectivity index (χ3v) is 3.96. The minimum absolute atomic E-state index is 0.186. The fourth-order valence-corrected chi connectivity index (χ4v) is 2.93. The molecule has 1 aliphatic heterocycles. The molecule has 0 fully saturated rings. The summed E-state index contributed by atoms with van der Waals surface area (Å²) < 4.78 is 5.94. The zero-order chi connectivity index (χ0) is 24.0. The molecule has 31 heavy (non-hydrogen) atoms. The molecule has 0 bridgehead atoms. The van der Waals surface area contributed by atoms with Crippen LogP contribution >= 0.6 is 0 Å². The normalized spacial score (nSPS) is 13.6. The van der Waals surface area contributed by atoms with Gasteiger partial charge in [0.1, 0.15) is 18.0 Å². The lowest BCUT2D eigenvalue weighted by molar-refractivity contribution is 0.306. The molecule has 1 aliphatic rings. The van der Waals surface area contributed by atoms with Crippen LogP contribution in [0.15, 0.2) is 71.7 Å². The summed E-state index contributed by atoms with van der Waals surface area (Å²) in [6.45, 7) is 16.4. The Kier molecular flexibility index (Phi) is 12.3. The number of aliphatic hydroxyl groups excluding tert-OH is 1. The molecule has 0 aromatic heterocycles. The second-order valence-corrected chi connectivity index (χ2v) is 6.54. The van der Waals surface area contributed by atoms with E-state index >= 15 is 0 Å². The molecule has 2 aromatic carbocycles. The van der Waals surface area contributed by atoms with Crippen LogP contribution in [0.1, 0.15) is 38.8 Å². The van der Waals surface area contributed by atoms with E-state index in [9.17, 15) is 0 Å². The van der Waals surface area contributed by atoms with Crippen molar-refractivity contribution in [3.05, 3.63) is 72.8 Å². The van der Waals surface area contributed by atoms with E-state index in [1.807, 2.05) is 69.0 Å². The van der Waals surface area contributed by atoms with Crippen molar-refractivity contribution in [3.8, 4) is 5.75 Å². The summed E-state index contributed by atoms with van der Waals surface area (Å²) in [6, 6.07) is 16.0. The molecule has 1 heterocycles. The van der Waals surface area contributed by atoms with Gasteiger partial charge >= 0.3 is 0 Å². The molecule has 0 spiro atoms. The van der Waals surface area contributed by atoms with Gasteiger partial charge in [0, 0.05) is 18.9 Å². The van der Waals surface area contributed by atoms with Crippen molar-refractivity contribution in [2.75, 3.05) is 12.0 Å². The highest BCUT2D eigenvalue weighted by Crippen LogP contribution is 2.30. The van der Waals surface area contributed by atoms with Crippen LogP contribution in [-0.4, -0.2) is 29.8 Å². The Balaban J connectivity index is 0.00000138. The van der Waals surface area contributed by atoms with Crippen molar-refractivity contribution in [3.63, 3.8) is 0 Å². The lowest BCUT2D eigenvalue weighted by atomic mass is 10.1. The number of benzene rings is 2. The molecule has 0 aliphatic carbocycles. The largest absolute Gasteiger partial charge is 0.489 e. The van der Waals surface area contributed by atoms with Crippen LogP contribution in [0.3, 0.4) is 0 Å². The molecular formula is C24H37N5O2. The molecule has 170 valence electrons. The van der Waals surface area contributed by atoms with E-state index in [4.69, 9.17) is 21.3 Å². The van der Waals surface area contributed by atoms with Gasteiger partial charge in [-0.3, -0.25) is 4.90 Å². The van der Waals surface area contributed by atoms with Crippen molar-refractivity contribution in [2.24, 2.45) is 21.5 Å². The van der Waals surface area contributed by atoms with Crippen LogP contribution in [0, 0.1) is 6.92 Å². The summed E-state index contributed by atoms with van der Waals surface area (Å²) in [5, 5.41) is 7.00. The highest BCUT2D eigenvalue weighted by Gasteiger charge is 2.33. The Bertz CT molecular complexity index is 863. The summed E-state index contributed by atoms with van der Waals surface area (Å²) >= 11 is 0. The second-order valence-electron chi connectivity index (χ2n) is 6.54. The molecule has 2 aromatic rings. The minimum atomic E-state index is -0.620. The van der Waals surface area contributed by atoms with Crippen LogP contribution in [-0.2, 0) is 6.61 Å². The van der Waals surface area contributed by atoms with Gasteiger partial charge in [-0.25, -0.2) is 4.99 Å². The molecule has 0 amide bonds. The first kappa shape index (κ1) is 27.7. The molecule has 7 nitrogen and oxygen atoms in total. The standard InChI is InChI=1S/C19H23N5O.C2H6.C2H4.CH4O/c1-13-6-4-7-14(10-13)12-25-16-9-5-8-15(11-16)24-18(21)22-17(20)23-19(24,2)3;3*1-2/h4-11H,12H2,1-3H3,(H4,20,21,22,23);1-2H3;1-2H2;2H,1H3. The third-order valence-electron chi connectivity index (χ3n) is 3.96. The molecule has 0 atom stereocenters. The maximum absolute atomic E-state index is 7.00. The van der Waals surface area contributed by atoms with Gasteiger partial charge in [0.2, 0.25) is 11.9 Å². The van der Waals surface area contributed by atoms with E-state index in [0.717, 1.165) is 24.1 Å². The van der Waals surface area contributed by atoms with Crippen LogP contribution in [0.25, 0.3) is 0 Å². The topological polar surface area (TPSA) is 109 Å². The average Bonchev–Trinajstić information content (AvgIpc) is 2.75. The number of guanidine groups is 2. The van der Waals surface area contributed by atoms with Crippen LogP contribution in [0.4, 0.5) is 5.69 Å². The predicted octanol–water partition coefficient (Wildman–Crippen LogP) is 4.20. The number of rotatable bonds is 4. The van der Waals surface area contributed by atoms with Gasteiger partial charge in [-0.05, 0) is 38.5 Å². The first-order valence-corrected chi connectivity index (χ1v) is 10.1. The van der Waals surface area contributed by atoms with Crippen molar-refractivity contribution in [1.82, 2.24) is 0 Å². The SMILES string of the molecule is C=C.CC.CO.Cc1cccc(COc2cccc(N3C(N)=NC(N)=NC3(C)C)c2)c1. The van der Waals surface area contributed by atoms with Crippen molar-refractivity contribution in [2.45, 2.75) is 46.9 Å². The number of aliphatic imine (C=N–C) groups is 2. The lowest BCUT2D eigenvalue weighted by Crippen LogP contribution is -2.54. The molecule has 7 heteroatoms. The van der Waals surface area contributed by atoms with E-state index in [1.54, 1.807) is 0 Å². The Morgan fingerprint density at radius 3 is 2.23 bits per heavy atom. The predicted molar refractivity (Wildman–Crippen MR) is 133 cm³/mol. The summed E-state index contributed by atoms with van der Waals surface area (Å²) in [5.74, 6) is 1.25. The van der Waals surface area contributed by atoms with E-state index in [0.29, 0.717) is 12.6 Å². The fraction of sp³-hybridized carbons (Fsp3) is 0.333. The lowest BCUT2D eigenvalue weighted by Gasteiger charge is -2.38. The van der Waals surface area contributed by atoms with E-state index in [2.05, 4.69) is 42.2 Å². The molecule has 0 unspecified atom stereocenters. The fourth-order valence-electron chi connectivity index (χ4n) is 2.93. The zero-order valence-corrected chi connectivity index (χ0v) is 19.6. The maximum Gasteiger partial charge on any atom is 0.220 e. The van der Waals surface area contributed by atoms with Gasteiger partial charge in [0.15, 0.2) is 0 Å². The Morgan fingerprint density at radius 1 is 1.03 bits per heavy atom. The van der Waals surface area contributed by atoms with Crippen LogP contribution in [0.2, 0.25) is 0 Å². The highest BCUT2D eigenvalue weighted by molar-refractivity contribution is 6.05. The number of ether oxygens (including phenoxy) is 1. The monoisotopic (exact) mass is 427 g/mol. The number of aliphatic hydroxyl groups is 1. The number of nitrogens with zero attached hydrogens (tertiary/aromatic N) is 3. The Labute approximate surface area is 186 Å². The van der Waals surface area contributed by atoms with Crippen LogP contribution in [0.5, 0.6) is 5.75 Å². The summed E-state index contributed by atoms with van der Waals surface area (Å²) in [6.07, 6.45) is 0. The first-order chi connectivity index (χ1) is 14.8. The summed E-state index contributed by atoms with van der Waals surface area (Å²) in [4.78, 5) is 10.3. The van der Waals surface area contributed by atoms with Crippen molar-refractivity contribution >= 4 is 17.6 Å². The molecule has 5 N–H and O–H groups in total.